The summed E-state index contributed by atoms with van der Waals surface area (Å²) < 4.78 is 10.9. The molecule has 128 valence electrons. The van der Waals surface area contributed by atoms with Gasteiger partial charge in [-0.25, -0.2) is 9.78 Å². The Morgan fingerprint density at radius 1 is 1.50 bits per heavy atom. The van der Waals surface area contributed by atoms with Gasteiger partial charge in [0.1, 0.15) is 11.1 Å². The average molecular weight is 347 g/mol. The molecule has 2 aromatic rings. The molecule has 1 fully saturated rings. The van der Waals surface area contributed by atoms with Gasteiger partial charge in [-0.1, -0.05) is 18.2 Å². The summed E-state index contributed by atoms with van der Waals surface area (Å²) in [4.78, 5) is 18.7. The lowest BCUT2D eigenvalue weighted by Gasteiger charge is -2.32. The summed E-state index contributed by atoms with van der Waals surface area (Å²) in [6.07, 6.45) is 2.37. The van der Waals surface area contributed by atoms with E-state index in [1.165, 1.54) is 0 Å². The molecule has 3 rings (SSSR count). The minimum absolute atomic E-state index is 0.107. The van der Waals surface area contributed by atoms with Crippen molar-refractivity contribution < 1.29 is 14.3 Å². The van der Waals surface area contributed by atoms with E-state index in [9.17, 15) is 4.79 Å². The molecule has 1 atom stereocenters. The quantitative estimate of drug-likeness (QED) is 0.903. The van der Waals surface area contributed by atoms with Crippen molar-refractivity contribution >= 4 is 23.1 Å². The van der Waals surface area contributed by atoms with Crippen LogP contribution in [0.4, 0.5) is 10.5 Å². The second kappa shape index (κ2) is 8.23. The number of urea groups is 1. The normalized spacial score (nSPS) is 17.7. The van der Waals surface area contributed by atoms with Crippen LogP contribution in [-0.4, -0.2) is 49.3 Å². The fourth-order valence-electron chi connectivity index (χ4n) is 2.64. The van der Waals surface area contributed by atoms with Crippen molar-refractivity contribution in [3.63, 3.8) is 0 Å². The van der Waals surface area contributed by atoms with Crippen molar-refractivity contribution in [1.82, 2.24) is 9.88 Å². The monoisotopic (exact) mass is 347 g/mol. The lowest BCUT2D eigenvalue weighted by molar-refractivity contribution is -0.0136. The highest BCUT2D eigenvalue weighted by molar-refractivity contribution is 7.09. The van der Waals surface area contributed by atoms with Gasteiger partial charge in [-0.3, -0.25) is 0 Å². The van der Waals surface area contributed by atoms with Gasteiger partial charge in [-0.15, -0.1) is 11.3 Å². The lowest BCUT2D eigenvalue weighted by atomic mass is 10.1. The van der Waals surface area contributed by atoms with Crippen molar-refractivity contribution in [2.75, 3.05) is 38.7 Å². The molecule has 2 heterocycles. The highest BCUT2D eigenvalue weighted by Gasteiger charge is 2.27. The molecule has 7 heteroatoms. The minimum Gasteiger partial charge on any atom is -0.384 e. The van der Waals surface area contributed by atoms with E-state index in [0.717, 1.165) is 22.7 Å². The van der Waals surface area contributed by atoms with Crippen molar-refractivity contribution in [2.45, 2.75) is 12.5 Å². The van der Waals surface area contributed by atoms with E-state index in [0.29, 0.717) is 26.3 Å². The summed E-state index contributed by atoms with van der Waals surface area (Å²) in [7, 11) is 1.67. The third kappa shape index (κ3) is 4.11. The third-order valence-electron chi connectivity index (χ3n) is 3.92. The lowest BCUT2D eigenvalue weighted by Crippen LogP contribution is -2.44. The van der Waals surface area contributed by atoms with Crippen molar-refractivity contribution in [1.29, 1.82) is 0 Å². The summed E-state index contributed by atoms with van der Waals surface area (Å²) in [6, 6.07) is 7.70. The number of nitrogens with one attached hydrogen (secondary N) is 1. The number of ether oxygens (including phenoxy) is 2. The van der Waals surface area contributed by atoms with Crippen molar-refractivity contribution in [3.05, 3.63) is 46.4 Å². The zero-order chi connectivity index (χ0) is 16.8. The Morgan fingerprint density at radius 2 is 2.38 bits per heavy atom. The number of hydrogen-bond acceptors (Lipinski definition) is 5. The summed E-state index contributed by atoms with van der Waals surface area (Å²) in [6.45, 7) is 2.23. The van der Waals surface area contributed by atoms with Gasteiger partial charge in [0, 0.05) is 30.9 Å². The molecule has 6 nitrogen and oxygen atoms in total. The molecular formula is C17H21N3O3S. The number of amides is 2. The molecule has 2 amide bonds. The van der Waals surface area contributed by atoms with Crippen molar-refractivity contribution in [2.24, 2.45) is 0 Å². The number of carbonyl (C=O) groups is 1. The highest BCUT2D eigenvalue weighted by atomic mass is 32.1. The molecule has 0 spiro atoms. The second-order valence-corrected chi connectivity index (χ2v) is 6.43. The smallest absolute Gasteiger partial charge is 0.322 e. The predicted octanol–water partition coefficient (Wildman–Crippen LogP) is 2.94. The Labute approximate surface area is 145 Å². The maximum absolute atomic E-state index is 12.6. The van der Waals surface area contributed by atoms with E-state index >= 15 is 0 Å². The van der Waals surface area contributed by atoms with Crippen LogP contribution in [0, 0.1) is 0 Å². The zero-order valence-electron chi connectivity index (χ0n) is 13.6. The van der Waals surface area contributed by atoms with E-state index in [2.05, 4.69) is 10.3 Å². The summed E-state index contributed by atoms with van der Waals surface area (Å²) in [5, 5.41) is 5.84. The fraction of sp³-hybridized carbons (Fsp3) is 0.412. The molecule has 1 saturated heterocycles. The van der Waals surface area contributed by atoms with Gasteiger partial charge in [0.05, 0.1) is 19.8 Å². The summed E-state index contributed by atoms with van der Waals surface area (Å²) >= 11 is 1.55. The first kappa shape index (κ1) is 16.9. The number of methoxy groups -OCH3 is 1. The van der Waals surface area contributed by atoms with E-state index in [4.69, 9.17) is 9.47 Å². The molecule has 0 aliphatic carbocycles. The first-order valence-corrected chi connectivity index (χ1v) is 8.79. The number of aromatic nitrogens is 1. The number of hydrogen-bond donors (Lipinski definition) is 1. The SMILES string of the molecule is COCCc1ccccc1NC(=O)N1CCO[C@@H](c2nccs2)C1. The Bertz CT molecular complexity index is 663. The van der Waals surface area contributed by atoms with Gasteiger partial charge in [0.2, 0.25) is 0 Å². The second-order valence-electron chi connectivity index (χ2n) is 5.51. The van der Waals surface area contributed by atoms with Crippen molar-refractivity contribution in [3.8, 4) is 0 Å². The van der Waals surface area contributed by atoms with Gasteiger partial charge in [-0.05, 0) is 18.1 Å². The molecule has 1 aromatic heterocycles. The van der Waals surface area contributed by atoms with Crippen LogP contribution >= 0.6 is 11.3 Å². The number of carbonyl (C=O) groups excluding carboxylic acids is 1. The van der Waals surface area contributed by atoms with Crippen LogP contribution in [0.1, 0.15) is 16.7 Å². The van der Waals surface area contributed by atoms with Crippen LogP contribution in [-0.2, 0) is 15.9 Å². The average Bonchev–Trinajstić information content (AvgIpc) is 3.16. The van der Waals surface area contributed by atoms with E-state index in [-0.39, 0.29) is 12.1 Å². The fourth-order valence-corrected chi connectivity index (χ4v) is 3.32. The van der Waals surface area contributed by atoms with Crippen LogP contribution in [0.15, 0.2) is 35.8 Å². The number of anilines is 1. The number of rotatable bonds is 5. The first-order valence-electron chi connectivity index (χ1n) is 7.91. The molecule has 1 aliphatic rings. The molecule has 0 radical (unpaired) electrons. The zero-order valence-corrected chi connectivity index (χ0v) is 14.4. The standard InChI is InChI=1S/C17H21N3O3S/c1-22-9-6-13-4-2-3-5-14(13)19-17(21)20-8-10-23-15(12-20)16-18-7-11-24-16/h2-5,7,11,15H,6,8-10,12H2,1H3,(H,19,21)/t15-/m1/s1. The van der Waals surface area contributed by atoms with Crippen LogP contribution in [0.2, 0.25) is 0 Å². The predicted molar refractivity (Wildman–Crippen MR) is 93.4 cm³/mol. The molecule has 1 aromatic carbocycles. The number of para-hydroxylation sites is 1. The number of benzene rings is 1. The Morgan fingerprint density at radius 3 is 3.17 bits per heavy atom. The molecule has 1 aliphatic heterocycles. The maximum atomic E-state index is 12.6. The number of morpholine rings is 1. The Hall–Kier alpha value is -1.96. The number of thiazole rings is 1. The molecular weight excluding hydrogens is 326 g/mol. The van der Waals surface area contributed by atoms with Crippen LogP contribution in [0.25, 0.3) is 0 Å². The van der Waals surface area contributed by atoms with Gasteiger partial charge in [0.15, 0.2) is 0 Å². The van der Waals surface area contributed by atoms with Gasteiger partial charge in [-0.2, -0.15) is 0 Å². The number of nitrogens with zero attached hydrogens (tertiary/aromatic N) is 2. The molecule has 24 heavy (non-hydrogen) atoms. The third-order valence-corrected chi connectivity index (χ3v) is 4.78. The van der Waals surface area contributed by atoms with E-state index in [1.54, 1.807) is 29.5 Å². The molecule has 0 bridgehead atoms. The van der Waals surface area contributed by atoms with E-state index < -0.39 is 0 Å². The largest absolute Gasteiger partial charge is 0.384 e. The molecule has 0 unspecified atom stereocenters. The molecule has 0 saturated carbocycles. The molecule has 1 N–H and O–H groups in total. The van der Waals surface area contributed by atoms with E-state index in [1.807, 2.05) is 29.6 Å². The van der Waals surface area contributed by atoms with Crippen LogP contribution < -0.4 is 5.32 Å². The van der Waals surface area contributed by atoms with Gasteiger partial charge < -0.3 is 19.7 Å². The topological polar surface area (TPSA) is 63.7 Å². The highest BCUT2D eigenvalue weighted by Crippen LogP contribution is 2.24. The van der Waals surface area contributed by atoms with Crippen LogP contribution in [0.5, 0.6) is 0 Å². The Balaban J connectivity index is 1.64. The first-order chi connectivity index (χ1) is 11.8. The minimum atomic E-state index is -0.145. The van der Waals surface area contributed by atoms with Gasteiger partial charge >= 0.3 is 6.03 Å². The van der Waals surface area contributed by atoms with Gasteiger partial charge in [0.25, 0.3) is 0 Å². The summed E-state index contributed by atoms with van der Waals surface area (Å²) in [5.41, 5.74) is 1.90. The van der Waals surface area contributed by atoms with Crippen LogP contribution in [0.3, 0.4) is 0 Å². The Kier molecular flexibility index (Phi) is 5.79. The summed E-state index contributed by atoms with van der Waals surface area (Å²) in [5.74, 6) is 0. The maximum Gasteiger partial charge on any atom is 0.322 e.